The van der Waals surface area contributed by atoms with E-state index in [-0.39, 0.29) is 18.1 Å². The van der Waals surface area contributed by atoms with Crippen LogP contribution >= 0.6 is 0 Å². The van der Waals surface area contributed by atoms with Crippen LogP contribution in [0.5, 0.6) is 5.75 Å². The molecule has 0 bridgehead atoms. The first-order valence-electron chi connectivity index (χ1n) is 14.4. The summed E-state index contributed by atoms with van der Waals surface area (Å²) in [6, 6.07) is 21.7. The van der Waals surface area contributed by atoms with Crippen LogP contribution in [0.1, 0.15) is 68.8 Å². The number of amides is 3. The van der Waals surface area contributed by atoms with Crippen LogP contribution in [-0.4, -0.2) is 46.1 Å². The molecule has 0 heterocycles. The molecule has 3 aromatic rings. The number of unbranched alkanes of at least 4 members (excludes halogenated alkanes) is 1. The number of nitrogens with zero attached hydrogens (tertiary/aromatic N) is 1. The number of hydrogen-bond donors (Lipinski definition) is 3. The summed E-state index contributed by atoms with van der Waals surface area (Å²) in [6.45, 7) is 9.82. The van der Waals surface area contributed by atoms with E-state index in [1.807, 2.05) is 68.4 Å². The Kier molecular flexibility index (Phi) is 11.5. The lowest BCUT2D eigenvalue weighted by Crippen LogP contribution is -2.54. The summed E-state index contributed by atoms with van der Waals surface area (Å²) in [4.78, 5) is 42.9. The molecule has 8 nitrogen and oxygen atoms in total. The third-order valence-corrected chi connectivity index (χ3v) is 6.75. The SMILES string of the molecule is CCCCN(C(=O)C(Cc1ccc(O)cc1)NC(=O)OC(C)(C)C)C(C(=O)NCc1ccccc1)c1ccccc1C. The molecule has 3 rings (SSSR count). The van der Waals surface area contributed by atoms with Crippen molar-refractivity contribution in [3.8, 4) is 5.75 Å². The van der Waals surface area contributed by atoms with Crippen molar-refractivity contribution in [2.24, 2.45) is 0 Å². The van der Waals surface area contributed by atoms with E-state index in [2.05, 4.69) is 10.6 Å². The van der Waals surface area contributed by atoms with E-state index in [9.17, 15) is 19.5 Å². The highest BCUT2D eigenvalue weighted by atomic mass is 16.6. The van der Waals surface area contributed by atoms with Gasteiger partial charge in [-0.15, -0.1) is 0 Å². The second-order valence-corrected chi connectivity index (χ2v) is 11.4. The van der Waals surface area contributed by atoms with E-state index in [0.717, 1.165) is 23.1 Å². The number of phenols is 1. The summed E-state index contributed by atoms with van der Waals surface area (Å²) in [5.74, 6) is -0.607. The molecule has 8 heteroatoms. The minimum Gasteiger partial charge on any atom is -0.508 e. The van der Waals surface area contributed by atoms with Crippen LogP contribution in [0.4, 0.5) is 4.79 Å². The first-order chi connectivity index (χ1) is 20.0. The Morgan fingerprint density at radius 3 is 2.17 bits per heavy atom. The van der Waals surface area contributed by atoms with Crippen LogP contribution in [0.3, 0.4) is 0 Å². The molecule has 2 atom stereocenters. The van der Waals surface area contributed by atoms with Gasteiger partial charge in [0, 0.05) is 19.5 Å². The standard InChI is InChI=1S/C34H43N3O5/c1-6-7-21-37(30(28-16-12-11-13-24(28)2)31(39)35-23-26-14-9-8-10-15-26)32(40)29(36-33(41)42-34(3,4)5)22-25-17-19-27(38)20-18-25/h8-20,29-30,38H,6-7,21-23H2,1-5H3,(H,35,39)(H,36,41). The van der Waals surface area contributed by atoms with Gasteiger partial charge in [-0.05, 0) is 68.5 Å². The average Bonchev–Trinajstić information content (AvgIpc) is 2.94. The molecular weight excluding hydrogens is 530 g/mol. The lowest BCUT2D eigenvalue weighted by atomic mass is 9.96. The molecule has 0 aliphatic carbocycles. The van der Waals surface area contributed by atoms with E-state index >= 15 is 0 Å². The number of aryl methyl sites for hydroxylation is 1. The fraction of sp³-hybridized carbons (Fsp3) is 0.382. The van der Waals surface area contributed by atoms with Gasteiger partial charge >= 0.3 is 6.09 Å². The molecule has 3 aromatic carbocycles. The summed E-state index contributed by atoms with van der Waals surface area (Å²) >= 11 is 0. The van der Waals surface area contributed by atoms with Gasteiger partial charge in [0.25, 0.3) is 0 Å². The molecule has 0 saturated heterocycles. The zero-order valence-electron chi connectivity index (χ0n) is 25.2. The molecule has 3 amide bonds. The predicted octanol–water partition coefficient (Wildman–Crippen LogP) is 5.82. The van der Waals surface area contributed by atoms with E-state index < -0.39 is 29.7 Å². The number of alkyl carbamates (subject to hydrolysis) is 1. The largest absolute Gasteiger partial charge is 0.508 e. The van der Waals surface area contributed by atoms with Crippen molar-refractivity contribution in [1.82, 2.24) is 15.5 Å². The van der Waals surface area contributed by atoms with Crippen molar-refractivity contribution >= 4 is 17.9 Å². The van der Waals surface area contributed by atoms with E-state index in [1.54, 1.807) is 37.8 Å². The maximum atomic E-state index is 14.5. The van der Waals surface area contributed by atoms with Crippen LogP contribution < -0.4 is 10.6 Å². The molecule has 0 aromatic heterocycles. The Morgan fingerprint density at radius 1 is 0.905 bits per heavy atom. The van der Waals surface area contributed by atoms with Gasteiger partial charge in [0.1, 0.15) is 23.4 Å². The first kappa shape index (κ1) is 32.2. The smallest absolute Gasteiger partial charge is 0.408 e. The van der Waals surface area contributed by atoms with Crippen LogP contribution in [-0.2, 0) is 27.3 Å². The number of carbonyl (C=O) groups excluding carboxylic acids is 3. The van der Waals surface area contributed by atoms with E-state index in [4.69, 9.17) is 4.74 Å². The number of rotatable bonds is 12. The molecule has 2 unspecified atom stereocenters. The van der Waals surface area contributed by atoms with Crippen molar-refractivity contribution in [2.45, 2.75) is 78.1 Å². The van der Waals surface area contributed by atoms with Crippen molar-refractivity contribution in [1.29, 1.82) is 0 Å². The number of hydrogen-bond acceptors (Lipinski definition) is 5. The Labute approximate surface area is 249 Å². The van der Waals surface area contributed by atoms with Crippen LogP contribution in [0, 0.1) is 6.92 Å². The maximum Gasteiger partial charge on any atom is 0.408 e. The molecule has 0 saturated carbocycles. The third-order valence-electron chi connectivity index (χ3n) is 6.75. The van der Waals surface area contributed by atoms with E-state index in [1.165, 1.54) is 12.1 Å². The van der Waals surface area contributed by atoms with Crippen molar-refractivity contribution in [3.63, 3.8) is 0 Å². The van der Waals surface area contributed by atoms with Gasteiger partial charge in [-0.25, -0.2) is 4.79 Å². The minimum atomic E-state index is -1.02. The Bertz CT molecular complexity index is 1320. The molecule has 0 aliphatic heterocycles. The first-order valence-corrected chi connectivity index (χ1v) is 14.4. The van der Waals surface area contributed by atoms with Crippen LogP contribution in [0.15, 0.2) is 78.9 Å². The highest BCUT2D eigenvalue weighted by Gasteiger charge is 2.36. The number of ether oxygens (including phenoxy) is 1. The number of phenolic OH excluding ortho intramolecular Hbond substituents is 1. The maximum absolute atomic E-state index is 14.5. The zero-order valence-corrected chi connectivity index (χ0v) is 25.2. The molecule has 224 valence electrons. The van der Waals surface area contributed by atoms with Crippen molar-refractivity contribution < 1.29 is 24.2 Å². The molecule has 0 radical (unpaired) electrons. The number of aromatic hydroxyl groups is 1. The molecule has 42 heavy (non-hydrogen) atoms. The highest BCUT2D eigenvalue weighted by Crippen LogP contribution is 2.27. The van der Waals surface area contributed by atoms with Gasteiger partial charge in [0.15, 0.2) is 0 Å². The van der Waals surface area contributed by atoms with Crippen LogP contribution in [0.2, 0.25) is 0 Å². The van der Waals surface area contributed by atoms with Gasteiger partial charge < -0.3 is 25.4 Å². The molecule has 0 aliphatic rings. The Morgan fingerprint density at radius 2 is 1.55 bits per heavy atom. The van der Waals surface area contributed by atoms with Gasteiger partial charge in [-0.1, -0.05) is 80.1 Å². The predicted molar refractivity (Wildman–Crippen MR) is 164 cm³/mol. The summed E-state index contributed by atoms with van der Waals surface area (Å²) in [5.41, 5.74) is 2.50. The summed E-state index contributed by atoms with van der Waals surface area (Å²) in [5, 5.41) is 15.6. The number of carbonyl (C=O) groups is 3. The van der Waals surface area contributed by atoms with E-state index in [0.29, 0.717) is 25.1 Å². The molecule has 3 N–H and O–H groups in total. The van der Waals surface area contributed by atoms with Gasteiger partial charge in [-0.3, -0.25) is 9.59 Å². The molecule has 0 fully saturated rings. The highest BCUT2D eigenvalue weighted by molar-refractivity contribution is 5.92. The molecule has 0 spiro atoms. The summed E-state index contributed by atoms with van der Waals surface area (Å²) < 4.78 is 5.50. The fourth-order valence-corrected chi connectivity index (χ4v) is 4.64. The van der Waals surface area contributed by atoms with Gasteiger partial charge in [-0.2, -0.15) is 0 Å². The zero-order chi connectivity index (χ0) is 30.7. The lowest BCUT2D eigenvalue weighted by molar-refractivity contribution is -0.142. The third kappa shape index (κ3) is 9.65. The minimum absolute atomic E-state index is 0.0982. The Balaban J connectivity index is 2.02. The second-order valence-electron chi connectivity index (χ2n) is 11.4. The lowest BCUT2D eigenvalue weighted by Gasteiger charge is -2.35. The average molecular weight is 574 g/mol. The normalized spacial score (nSPS) is 12.6. The monoisotopic (exact) mass is 573 g/mol. The quantitative estimate of drug-likeness (QED) is 0.253. The van der Waals surface area contributed by atoms with Gasteiger partial charge in [0.2, 0.25) is 11.8 Å². The summed E-state index contributed by atoms with van der Waals surface area (Å²) in [6.07, 6.45) is 0.889. The van der Waals surface area contributed by atoms with Crippen molar-refractivity contribution in [3.05, 3.63) is 101 Å². The van der Waals surface area contributed by atoms with Gasteiger partial charge in [0.05, 0.1) is 0 Å². The Hall–Kier alpha value is -4.33. The number of benzene rings is 3. The topological polar surface area (TPSA) is 108 Å². The fourth-order valence-electron chi connectivity index (χ4n) is 4.64. The molecular formula is C34H43N3O5. The number of nitrogens with one attached hydrogen (secondary N) is 2. The van der Waals surface area contributed by atoms with Crippen molar-refractivity contribution in [2.75, 3.05) is 6.54 Å². The second kappa shape index (κ2) is 15.1. The van der Waals surface area contributed by atoms with Crippen LogP contribution in [0.25, 0.3) is 0 Å². The summed E-state index contributed by atoms with van der Waals surface area (Å²) in [7, 11) is 0.